The number of alkyl halides is 3. The van der Waals surface area contributed by atoms with E-state index >= 15 is 0 Å². The van der Waals surface area contributed by atoms with E-state index in [1.807, 2.05) is 0 Å². The van der Waals surface area contributed by atoms with Gasteiger partial charge in [0.1, 0.15) is 5.82 Å². The van der Waals surface area contributed by atoms with Crippen molar-refractivity contribution in [2.45, 2.75) is 37.9 Å². The number of hydrogen-bond donors (Lipinski definition) is 2. The highest BCUT2D eigenvalue weighted by Crippen LogP contribution is 2.32. The van der Waals surface area contributed by atoms with Crippen molar-refractivity contribution in [1.29, 1.82) is 0 Å². The molecule has 1 aliphatic heterocycles. The molecule has 1 heterocycles. The van der Waals surface area contributed by atoms with Gasteiger partial charge in [-0.15, -0.1) is 12.4 Å². The molecule has 0 saturated carbocycles. The molecule has 1 aliphatic rings. The van der Waals surface area contributed by atoms with Crippen LogP contribution in [0.2, 0.25) is 0 Å². The second-order valence-corrected chi connectivity index (χ2v) is 5.36. The molecule has 1 aromatic rings. The van der Waals surface area contributed by atoms with Crippen molar-refractivity contribution < 1.29 is 22.4 Å². The van der Waals surface area contributed by atoms with E-state index in [4.69, 9.17) is 0 Å². The van der Waals surface area contributed by atoms with Gasteiger partial charge in [0.05, 0.1) is 16.8 Å². The number of hydrogen-bond acceptors (Lipinski definition) is 2. The maximum absolute atomic E-state index is 13.6. The van der Waals surface area contributed by atoms with E-state index in [1.165, 1.54) is 0 Å². The van der Waals surface area contributed by atoms with E-state index in [-0.39, 0.29) is 12.4 Å². The Bertz CT molecular complexity index is 542. The second kappa shape index (κ2) is 6.83. The van der Waals surface area contributed by atoms with E-state index in [0.29, 0.717) is 31.2 Å². The summed E-state index contributed by atoms with van der Waals surface area (Å²) in [4.78, 5) is 12.2. The summed E-state index contributed by atoms with van der Waals surface area (Å²) in [5.41, 5.74) is -2.34. The molecule has 124 valence electrons. The topological polar surface area (TPSA) is 41.1 Å². The first-order chi connectivity index (χ1) is 9.72. The molecule has 0 radical (unpaired) electrons. The van der Waals surface area contributed by atoms with Gasteiger partial charge < -0.3 is 10.6 Å². The van der Waals surface area contributed by atoms with E-state index in [1.54, 1.807) is 6.92 Å². The number of anilines is 1. The lowest BCUT2D eigenvalue weighted by Crippen LogP contribution is -2.54. The van der Waals surface area contributed by atoms with Crippen LogP contribution in [0.15, 0.2) is 18.2 Å². The van der Waals surface area contributed by atoms with Crippen molar-refractivity contribution >= 4 is 24.0 Å². The van der Waals surface area contributed by atoms with Crippen LogP contribution in [0.4, 0.5) is 23.2 Å². The molecular weight excluding hydrogens is 324 g/mol. The van der Waals surface area contributed by atoms with Crippen LogP contribution in [0.25, 0.3) is 0 Å². The number of carbonyl (C=O) groups is 1. The van der Waals surface area contributed by atoms with Gasteiger partial charge in [-0.3, -0.25) is 4.79 Å². The first-order valence-electron chi connectivity index (χ1n) is 6.66. The predicted octanol–water partition coefficient (Wildman–Crippen LogP) is 3.74. The fourth-order valence-electron chi connectivity index (χ4n) is 2.31. The van der Waals surface area contributed by atoms with Crippen LogP contribution in [-0.2, 0) is 11.0 Å². The molecule has 1 unspecified atom stereocenters. The first kappa shape index (κ1) is 18.7. The summed E-state index contributed by atoms with van der Waals surface area (Å²) in [6.45, 7) is 2.31. The minimum atomic E-state index is -4.58. The lowest BCUT2D eigenvalue weighted by molar-refractivity contribution is -0.137. The molecule has 0 spiro atoms. The van der Waals surface area contributed by atoms with E-state index in [9.17, 15) is 22.4 Å². The van der Waals surface area contributed by atoms with Gasteiger partial charge in [-0.25, -0.2) is 4.39 Å². The highest BCUT2D eigenvalue weighted by molar-refractivity contribution is 5.98. The zero-order chi connectivity index (χ0) is 15.7. The summed E-state index contributed by atoms with van der Waals surface area (Å²) in [7, 11) is 0. The third kappa shape index (κ3) is 4.10. The third-order valence-corrected chi connectivity index (χ3v) is 3.66. The number of halogens is 5. The van der Waals surface area contributed by atoms with Crippen molar-refractivity contribution in [2.75, 3.05) is 11.9 Å². The quantitative estimate of drug-likeness (QED) is 0.805. The number of nitrogens with one attached hydrogen (secondary N) is 2. The van der Waals surface area contributed by atoms with E-state index in [0.717, 1.165) is 12.8 Å². The van der Waals surface area contributed by atoms with Crippen LogP contribution < -0.4 is 10.6 Å². The second-order valence-electron chi connectivity index (χ2n) is 5.36. The Kier molecular flexibility index (Phi) is 5.81. The standard InChI is InChI=1S/C14H16F4N2O.ClH/c1-13(6-2-3-7-19-13)12(21)20-11-8-9(14(16,17)18)4-5-10(11)15;/h4-5,8,19H,2-3,6-7H2,1H3,(H,20,21);1H. The number of amides is 1. The van der Waals surface area contributed by atoms with Crippen molar-refractivity contribution in [3.63, 3.8) is 0 Å². The number of rotatable bonds is 2. The molecule has 1 amide bonds. The zero-order valence-corrected chi connectivity index (χ0v) is 12.7. The maximum atomic E-state index is 13.6. The molecule has 0 aromatic heterocycles. The van der Waals surface area contributed by atoms with Crippen LogP contribution in [0.5, 0.6) is 0 Å². The SMILES string of the molecule is CC1(C(=O)Nc2cc(C(F)(F)F)ccc2F)CCCCN1.Cl. The molecule has 1 atom stereocenters. The fourth-order valence-corrected chi connectivity index (χ4v) is 2.31. The fraction of sp³-hybridized carbons (Fsp3) is 0.500. The van der Waals surface area contributed by atoms with Crippen molar-refractivity contribution in [3.8, 4) is 0 Å². The zero-order valence-electron chi connectivity index (χ0n) is 11.9. The Morgan fingerprint density at radius 3 is 2.55 bits per heavy atom. The van der Waals surface area contributed by atoms with Crippen molar-refractivity contribution in [1.82, 2.24) is 5.32 Å². The smallest absolute Gasteiger partial charge is 0.322 e. The average Bonchev–Trinajstić information content (AvgIpc) is 2.40. The lowest BCUT2D eigenvalue weighted by atomic mass is 9.90. The Morgan fingerprint density at radius 2 is 2.00 bits per heavy atom. The highest BCUT2D eigenvalue weighted by atomic mass is 35.5. The minimum Gasteiger partial charge on any atom is -0.322 e. The van der Waals surface area contributed by atoms with E-state index < -0.39 is 34.7 Å². The molecule has 2 rings (SSSR count). The summed E-state index contributed by atoms with van der Waals surface area (Å²) in [6, 6.07) is 1.96. The summed E-state index contributed by atoms with van der Waals surface area (Å²) < 4.78 is 51.5. The predicted molar refractivity (Wildman–Crippen MR) is 77.5 cm³/mol. The average molecular weight is 341 g/mol. The van der Waals surface area contributed by atoms with Crippen LogP contribution >= 0.6 is 12.4 Å². The Labute approximate surface area is 131 Å². The van der Waals surface area contributed by atoms with Crippen LogP contribution in [0, 0.1) is 5.82 Å². The van der Waals surface area contributed by atoms with E-state index in [2.05, 4.69) is 10.6 Å². The van der Waals surface area contributed by atoms with Gasteiger partial charge in [0, 0.05) is 0 Å². The van der Waals surface area contributed by atoms with Crippen molar-refractivity contribution in [3.05, 3.63) is 29.6 Å². The summed E-state index contributed by atoms with van der Waals surface area (Å²) in [5.74, 6) is -1.42. The van der Waals surface area contributed by atoms with Gasteiger partial charge >= 0.3 is 6.18 Å². The van der Waals surface area contributed by atoms with Gasteiger partial charge in [-0.2, -0.15) is 13.2 Å². The minimum absolute atomic E-state index is 0. The molecular formula is C14H17ClF4N2O. The summed E-state index contributed by atoms with van der Waals surface area (Å²) in [6.07, 6.45) is -2.26. The molecule has 3 nitrogen and oxygen atoms in total. The van der Waals surface area contributed by atoms with Crippen LogP contribution in [0.1, 0.15) is 31.7 Å². The molecule has 1 fully saturated rings. The molecule has 0 bridgehead atoms. The normalized spacial score (nSPS) is 21.9. The number of benzene rings is 1. The van der Waals surface area contributed by atoms with Gasteiger partial charge in [-0.1, -0.05) is 0 Å². The molecule has 8 heteroatoms. The molecule has 2 N–H and O–H groups in total. The number of carbonyl (C=O) groups excluding carboxylic acids is 1. The third-order valence-electron chi connectivity index (χ3n) is 3.66. The first-order valence-corrected chi connectivity index (χ1v) is 6.66. The van der Waals surface area contributed by atoms with Crippen molar-refractivity contribution in [2.24, 2.45) is 0 Å². The largest absolute Gasteiger partial charge is 0.416 e. The van der Waals surface area contributed by atoms with Crippen LogP contribution in [0.3, 0.4) is 0 Å². The van der Waals surface area contributed by atoms with Gasteiger partial charge in [0.25, 0.3) is 0 Å². The molecule has 1 aromatic carbocycles. The lowest BCUT2D eigenvalue weighted by Gasteiger charge is -2.33. The Hall–Kier alpha value is -1.34. The van der Waals surface area contributed by atoms with Gasteiger partial charge in [0.15, 0.2) is 0 Å². The monoisotopic (exact) mass is 340 g/mol. The Morgan fingerprint density at radius 1 is 1.32 bits per heavy atom. The van der Waals surface area contributed by atoms with Crippen LogP contribution in [-0.4, -0.2) is 18.0 Å². The highest BCUT2D eigenvalue weighted by Gasteiger charge is 2.35. The molecule has 1 saturated heterocycles. The number of piperidine rings is 1. The van der Waals surface area contributed by atoms with Gasteiger partial charge in [-0.05, 0) is 50.9 Å². The summed E-state index contributed by atoms with van der Waals surface area (Å²) in [5, 5.41) is 5.28. The Balaban J connectivity index is 0.00000242. The molecule has 0 aliphatic carbocycles. The molecule has 22 heavy (non-hydrogen) atoms. The summed E-state index contributed by atoms with van der Waals surface area (Å²) >= 11 is 0. The van der Waals surface area contributed by atoms with Gasteiger partial charge in [0.2, 0.25) is 5.91 Å². The maximum Gasteiger partial charge on any atom is 0.416 e.